The minimum atomic E-state index is -1.03. The molecule has 106 valence electrons. The second kappa shape index (κ2) is 5.36. The van der Waals surface area contributed by atoms with E-state index in [4.69, 9.17) is 5.11 Å². The molecule has 1 heterocycles. The van der Waals surface area contributed by atoms with Gasteiger partial charge in [-0.25, -0.2) is 18.6 Å². The van der Waals surface area contributed by atoms with Gasteiger partial charge in [0.2, 0.25) is 0 Å². The molecule has 0 saturated heterocycles. The number of hydrogen-bond acceptors (Lipinski definition) is 4. The van der Waals surface area contributed by atoms with Crippen molar-refractivity contribution in [1.29, 1.82) is 0 Å². The van der Waals surface area contributed by atoms with Crippen LogP contribution in [-0.4, -0.2) is 27.1 Å². The highest BCUT2D eigenvalue weighted by Gasteiger charge is 2.21. The first-order chi connectivity index (χ1) is 9.38. The number of fused-ring (bicyclic) bond motifs is 1. The van der Waals surface area contributed by atoms with Gasteiger partial charge in [-0.15, -0.1) is 0 Å². The molecule has 0 amide bonds. The maximum absolute atomic E-state index is 13.1. The Kier molecular flexibility index (Phi) is 3.78. The Bertz CT molecular complexity index is 661. The lowest BCUT2D eigenvalue weighted by atomic mass is 10.1. The van der Waals surface area contributed by atoms with Gasteiger partial charge < -0.3 is 10.4 Å². The van der Waals surface area contributed by atoms with Gasteiger partial charge >= 0.3 is 5.97 Å². The maximum atomic E-state index is 13.1. The third kappa shape index (κ3) is 2.81. The molecule has 2 aromatic rings. The standard InChI is InChI=1S/C13H13F2N3O2/c1-6(2)12(13(19)20)18-11-5-16-9-3-7(14)8(15)4-10(9)17-11/h3-6,12H,1-2H3,(H,17,18)(H,19,20)/t12-/m1/s1. The summed E-state index contributed by atoms with van der Waals surface area (Å²) in [5, 5.41) is 11.8. The third-order valence-corrected chi connectivity index (χ3v) is 2.82. The topological polar surface area (TPSA) is 75.1 Å². The number of carboxylic acid groups (broad SMARTS) is 1. The molecule has 20 heavy (non-hydrogen) atoms. The first-order valence-electron chi connectivity index (χ1n) is 5.99. The highest BCUT2D eigenvalue weighted by molar-refractivity contribution is 5.79. The smallest absolute Gasteiger partial charge is 0.326 e. The van der Waals surface area contributed by atoms with Crippen molar-refractivity contribution in [3.05, 3.63) is 30.0 Å². The summed E-state index contributed by atoms with van der Waals surface area (Å²) < 4.78 is 26.2. The van der Waals surface area contributed by atoms with Gasteiger partial charge in [0.1, 0.15) is 11.9 Å². The quantitative estimate of drug-likeness (QED) is 0.900. The van der Waals surface area contributed by atoms with Crippen LogP contribution in [0.4, 0.5) is 14.6 Å². The molecule has 5 nitrogen and oxygen atoms in total. The predicted molar refractivity (Wildman–Crippen MR) is 69.3 cm³/mol. The Morgan fingerprint density at radius 3 is 2.40 bits per heavy atom. The Balaban J connectivity index is 2.36. The van der Waals surface area contributed by atoms with Crippen molar-refractivity contribution in [2.45, 2.75) is 19.9 Å². The summed E-state index contributed by atoms with van der Waals surface area (Å²) in [6.45, 7) is 3.49. The van der Waals surface area contributed by atoms with Gasteiger partial charge in [0.05, 0.1) is 17.2 Å². The fourth-order valence-electron chi connectivity index (χ4n) is 1.75. The number of anilines is 1. The van der Waals surface area contributed by atoms with Crippen LogP contribution in [0.2, 0.25) is 0 Å². The van der Waals surface area contributed by atoms with E-state index in [1.807, 2.05) is 0 Å². The third-order valence-electron chi connectivity index (χ3n) is 2.82. The number of nitrogens with one attached hydrogen (secondary N) is 1. The molecule has 0 saturated carbocycles. The van der Waals surface area contributed by atoms with E-state index in [2.05, 4.69) is 15.3 Å². The minimum absolute atomic E-state index is 0.154. The summed E-state index contributed by atoms with van der Waals surface area (Å²) in [4.78, 5) is 19.1. The molecule has 1 aromatic carbocycles. The number of rotatable bonds is 4. The van der Waals surface area contributed by atoms with Crippen LogP contribution in [0.1, 0.15) is 13.8 Å². The highest BCUT2D eigenvalue weighted by Crippen LogP contribution is 2.18. The van der Waals surface area contributed by atoms with Crippen molar-refractivity contribution < 1.29 is 18.7 Å². The number of benzene rings is 1. The van der Waals surface area contributed by atoms with E-state index in [0.717, 1.165) is 12.1 Å². The maximum Gasteiger partial charge on any atom is 0.326 e. The molecule has 1 aromatic heterocycles. The van der Waals surface area contributed by atoms with Crippen molar-refractivity contribution >= 4 is 22.8 Å². The molecule has 0 aliphatic heterocycles. The Morgan fingerprint density at radius 2 is 1.85 bits per heavy atom. The van der Waals surface area contributed by atoms with E-state index < -0.39 is 23.6 Å². The summed E-state index contributed by atoms with van der Waals surface area (Å²) in [6, 6.07) is 1.03. The number of aromatic nitrogens is 2. The number of halogens is 2. The Morgan fingerprint density at radius 1 is 1.25 bits per heavy atom. The van der Waals surface area contributed by atoms with E-state index in [1.165, 1.54) is 6.20 Å². The highest BCUT2D eigenvalue weighted by atomic mass is 19.2. The summed E-state index contributed by atoms with van der Waals surface area (Å²) in [5.74, 6) is -3.02. The summed E-state index contributed by atoms with van der Waals surface area (Å²) >= 11 is 0. The van der Waals surface area contributed by atoms with Gasteiger partial charge in [-0.1, -0.05) is 13.8 Å². The Hall–Kier alpha value is -2.31. The summed E-state index contributed by atoms with van der Waals surface area (Å²) in [5.41, 5.74) is 0.354. The number of carboxylic acids is 1. The normalized spacial score (nSPS) is 12.7. The van der Waals surface area contributed by atoms with Crippen molar-refractivity contribution in [3.8, 4) is 0 Å². The molecule has 1 atom stereocenters. The lowest BCUT2D eigenvalue weighted by Gasteiger charge is -2.18. The molecule has 7 heteroatoms. The number of aliphatic carboxylic acids is 1. The second-order valence-corrected chi connectivity index (χ2v) is 4.71. The van der Waals surface area contributed by atoms with Gasteiger partial charge in [0.25, 0.3) is 0 Å². The minimum Gasteiger partial charge on any atom is -0.480 e. The van der Waals surface area contributed by atoms with Crippen molar-refractivity contribution in [3.63, 3.8) is 0 Å². The fourth-order valence-corrected chi connectivity index (χ4v) is 1.75. The molecule has 0 fully saturated rings. The zero-order valence-corrected chi connectivity index (χ0v) is 10.9. The van der Waals surface area contributed by atoms with Crippen molar-refractivity contribution in [2.75, 3.05) is 5.32 Å². The monoisotopic (exact) mass is 281 g/mol. The number of nitrogens with zero attached hydrogens (tertiary/aromatic N) is 2. The SMILES string of the molecule is CC(C)[C@@H](Nc1cnc2cc(F)c(F)cc2n1)C(=O)O. The lowest BCUT2D eigenvalue weighted by Crippen LogP contribution is -2.34. The molecule has 0 aliphatic rings. The lowest BCUT2D eigenvalue weighted by molar-refractivity contribution is -0.138. The van der Waals surface area contributed by atoms with Crippen LogP contribution >= 0.6 is 0 Å². The number of carbonyl (C=O) groups is 1. The predicted octanol–water partition coefficient (Wildman–Crippen LogP) is 2.43. The van der Waals surface area contributed by atoms with Gasteiger partial charge in [-0.2, -0.15) is 0 Å². The van der Waals surface area contributed by atoms with E-state index >= 15 is 0 Å². The molecule has 0 unspecified atom stereocenters. The van der Waals surface area contributed by atoms with Crippen LogP contribution in [-0.2, 0) is 4.79 Å². The van der Waals surface area contributed by atoms with Crippen molar-refractivity contribution in [1.82, 2.24) is 9.97 Å². The molecule has 0 aliphatic carbocycles. The second-order valence-electron chi connectivity index (χ2n) is 4.71. The van der Waals surface area contributed by atoms with E-state index in [1.54, 1.807) is 13.8 Å². The van der Waals surface area contributed by atoms with Crippen LogP contribution in [0.5, 0.6) is 0 Å². The molecule has 0 radical (unpaired) electrons. The van der Waals surface area contributed by atoms with Gasteiger partial charge in [0, 0.05) is 12.1 Å². The molecule has 2 rings (SSSR count). The van der Waals surface area contributed by atoms with Crippen LogP contribution in [0.25, 0.3) is 11.0 Å². The van der Waals surface area contributed by atoms with Crippen LogP contribution < -0.4 is 5.32 Å². The number of hydrogen-bond donors (Lipinski definition) is 2. The van der Waals surface area contributed by atoms with Gasteiger partial charge in [0.15, 0.2) is 11.6 Å². The molecular formula is C13H13F2N3O2. The average molecular weight is 281 g/mol. The molecular weight excluding hydrogens is 268 g/mol. The van der Waals surface area contributed by atoms with E-state index in [9.17, 15) is 13.6 Å². The fraction of sp³-hybridized carbons (Fsp3) is 0.308. The zero-order chi connectivity index (χ0) is 14.9. The van der Waals surface area contributed by atoms with Crippen LogP contribution in [0.15, 0.2) is 18.3 Å². The van der Waals surface area contributed by atoms with Crippen LogP contribution in [0, 0.1) is 17.6 Å². The largest absolute Gasteiger partial charge is 0.480 e. The Labute approximate surface area is 113 Å². The average Bonchev–Trinajstić information content (AvgIpc) is 2.36. The van der Waals surface area contributed by atoms with E-state index in [-0.39, 0.29) is 22.8 Å². The van der Waals surface area contributed by atoms with Crippen molar-refractivity contribution in [2.24, 2.45) is 5.92 Å². The van der Waals surface area contributed by atoms with Crippen LogP contribution in [0.3, 0.4) is 0 Å². The first-order valence-corrected chi connectivity index (χ1v) is 5.99. The molecule has 0 spiro atoms. The van der Waals surface area contributed by atoms with Gasteiger partial charge in [-0.3, -0.25) is 4.98 Å². The molecule has 2 N–H and O–H groups in total. The van der Waals surface area contributed by atoms with Gasteiger partial charge in [-0.05, 0) is 5.92 Å². The molecule has 0 bridgehead atoms. The van der Waals surface area contributed by atoms with E-state index in [0.29, 0.717) is 0 Å². The zero-order valence-electron chi connectivity index (χ0n) is 10.9. The first kappa shape index (κ1) is 14.1. The summed E-state index contributed by atoms with van der Waals surface area (Å²) in [7, 11) is 0. The summed E-state index contributed by atoms with van der Waals surface area (Å²) in [6.07, 6.45) is 1.29.